The quantitative estimate of drug-likeness (QED) is 0.421. The number of methoxy groups -OCH3 is 1. The van der Waals surface area contributed by atoms with E-state index >= 15 is 0 Å². The third-order valence-electron chi connectivity index (χ3n) is 4.30. The van der Waals surface area contributed by atoms with Gasteiger partial charge in [0.25, 0.3) is 0 Å². The summed E-state index contributed by atoms with van der Waals surface area (Å²) in [6.45, 7) is 0. The van der Waals surface area contributed by atoms with Gasteiger partial charge < -0.3 is 4.74 Å². The fraction of sp³-hybridized carbons (Fsp3) is 0.158. The Balaban J connectivity index is 2.32. The zero-order valence-electron chi connectivity index (χ0n) is 13.9. The van der Waals surface area contributed by atoms with Crippen LogP contribution in [-0.2, 0) is 4.74 Å². The van der Waals surface area contributed by atoms with Crippen molar-refractivity contribution < 1.29 is 13.9 Å². The van der Waals surface area contributed by atoms with Crippen LogP contribution in [0.25, 0.3) is 21.9 Å². The molecule has 0 unspecified atom stereocenters. The van der Waals surface area contributed by atoms with Crippen LogP contribution >= 0.6 is 0 Å². The number of para-hydroxylation sites is 1. The number of hydrogen-bond acceptors (Lipinski definition) is 3. The lowest BCUT2D eigenvalue weighted by atomic mass is 10.1. The molecule has 0 aliphatic carbocycles. The summed E-state index contributed by atoms with van der Waals surface area (Å²) in [6, 6.07) is 15.9. The molecule has 3 aromatic heterocycles. The summed E-state index contributed by atoms with van der Waals surface area (Å²) in [4.78, 5) is 14.4. The first-order valence-corrected chi connectivity index (χ1v) is 7.75. The smallest absolute Gasteiger partial charge is 0.369 e. The third-order valence-corrected chi connectivity index (χ3v) is 4.30. The lowest BCUT2D eigenvalue weighted by molar-refractivity contribution is -0.497. The molecule has 120 valence electrons. The van der Waals surface area contributed by atoms with E-state index in [4.69, 9.17) is 4.74 Å². The number of carbonyl (C=O) groups excluding carboxylic acids is 1. The van der Waals surface area contributed by atoms with E-state index in [1.165, 1.54) is 7.11 Å². The Kier molecular flexibility index (Phi) is 3.16. The highest BCUT2D eigenvalue weighted by molar-refractivity contribution is 6.04. The van der Waals surface area contributed by atoms with Gasteiger partial charge >= 0.3 is 11.9 Å². The number of esters is 1. The highest BCUT2D eigenvalue weighted by Crippen LogP contribution is 2.27. The maximum atomic E-state index is 12.3. The largest absolute Gasteiger partial charge is 0.465 e. The standard InChI is InChI=1S/C19H18N3O2/c1-20(2)19-21-12-5-4-9-15(21)16-11-10-13-7-6-8-14(18(23)24-3)17(13)22(16)19/h4-12H,1-3H3/q+1. The zero-order chi connectivity index (χ0) is 16.8. The van der Waals surface area contributed by atoms with Crippen LogP contribution in [-0.4, -0.2) is 31.6 Å². The molecule has 0 bridgehead atoms. The van der Waals surface area contributed by atoms with Crippen molar-refractivity contribution in [3.05, 3.63) is 60.3 Å². The molecule has 0 saturated carbocycles. The van der Waals surface area contributed by atoms with Gasteiger partial charge in [0.2, 0.25) is 0 Å². The van der Waals surface area contributed by atoms with E-state index in [-0.39, 0.29) is 5.97 Å². The van der Waals surface area contributed by atoms with E-state index in [1.807, 2.05) is 61.6 Å². The topological polar surface area (TPSA) is 38.0 Å². The average molecular weight is 320 g/mol. The molecule has 3 heterocycles. The highest BCUT2D eigenvalue weighted by atomic mass is 16.5. The molecule has 5 heteroatoms. The van der Waals surface area contributed by atoms with Gasteiger partial charge in [-0.2, -0.15) is 4.40 Å². The first-order valence-electron chi connectivity index (χ1n) is 7.75. The van der Waals surface area contributed by atoms with Crippen molar-refractivity contribution in [2.24, 2.45) is 0 Å². The van der Waals surface area contributed by atoms with Gasteiger partial charge in [0.1, 0.15) is 16.6 Å². The molecule has 1 aromatic carbocycles. The second-order valence-corrected chi connectivity index (χ2v) is 5.94. The van der Waals surface area contributed by atoms with Gasteiger partial charge in [-0.3, -0.25) is 4.90 Å². The molecular formula is C19H18N3O2+. The fourth-order valence-corrected chi connectivity index (χ4v) is 3.34. The molecular weight excluding hydrogens is 302 g/mol. The van der Waals surface area contributed by atoms with E-state index in [1.54, 1.807) is 0 Å². The zero-order valence-corrected chi connectivity index (χ0v) is 13.9. The first kappa shape index (κ1) is 14.5. The van der Waals surface area contributed by atoms with Crippen LogP contribution in [0.1, 0.15) is 10.4 Å². The summed E-state index contributed by atoms with van der Waals surface area (Å²) in [7, 11) is 5.41. The molecule has 5 nitrogen and oxygen atoms in total. The number of imidazole rings is 1. The summed E-state index contributed by atoms with van der Waals surface area (Å²) in [6.07, 6.45) is 2.03. The van der Waals surface area contributed by atoms with Crippen LogP contribution in [0.2, 0.25) is 0 Å². The second kappa shape index (κ2) is 5.23. The highest BCUT2D eigenvalue weighted by Gasteiger charge is 2.25. The van der Waals surface area contributed by atoms with Crippen molar-refractivity contribution in [2.45, 2.75) is 0 Å². The molecule has 0 fully saturated rings. The summed E-state index contributed by atoms with van der Waals surface area (Å²) >= 11 is 0. The normalized spacial score (nSPS) is 11.3. The van der Waals surface area contributed by atoms with Crippen molar-refractivity contribution in [1.82, 2.24) is 4.40 Å². The number of hydrogen-bond donors (Lipinski definition) is 0. The molecule has 0 amide bonds. The predicted octanol–water partition coefficient (Wildman–Crippen LogP) is 2.68. The van der Waals surface area contributed by atoms with Gasteiger partial charge in [-0.1, -0.05) is 18.2 Å². The summed E-state index contributed by atoms with van der Waals surface area (Å²) in [5.41, 5.74) is 3.55. The second-order valence-electron chi connectivity index (χ2n) is 5.94. The maximum Gasteiger partial charge on any atom is 0.369 e. The number of fused-ring (bicyclic) bond motifs is 5. The predicted molar refractivity (Wildman–Crippen MR) is 93.7 cm³/mol. The molecule has 0 saturated heterocycles. The van der Waals surface area contributed by atoms with Crippen molar-refractivity contribution in [3.8, 4) is 0 Å². The third kappa shape index (κ3) is 1.88. The maximum absolute atomic E-state index is 12.3. The summed E-state index contributed by atoms with van der Waals surface area (Å²) in [5, 5.41) is 0.995. The monoisotopic (exact) mass is 320 g/mol. The fourth-order valence-electron chi connectivity index (χ4n) is 3.34. The minimum absolute atomic E-state index is 0.333. The Morgan fingerprint density at radius 1 is 1.08 bits per heavy atom. The number of ether oxygens (including phenoxy) is 1. The van der Waals surface area contributed by atoms with Crippen LogP contribution in [0, 0.1) is 0 Å². The molecule has 0 radical (unpaired) electrons. The van der Waals surface area contributed by atoms with Crippen LogP contribution in [0.15, 0.2) is 54.7 Å². The lowest BCUT2D eigenvalue weighted by Crippen LogP contribution is -2.29. The van der Waals surface area contributed by atoms with E-state index in [0.717, 1.165) is 27.9 Å². The molecule has 4 aromatic rings. The average Bonchev–Trinajstić information content (AvgIpc) is 2.95. The molecule has 0 aliphatic heterocycles. The van der Waals surface area contributed by atoms with Gasteiger partial charge in [-0.05, 0) is 30.3 Å². The van der Waals surface area contributed by atoms with Crippen molar-refractivity contribution in [3.63, 3.8) is 0 Å². The van der Waals surface area contributed by atoms with Crippen molar-refractivity contribution >= 4 is 33.9 Å². The first-order chi connectivity index (χ1) is 11.6. The molecule has 24 heavy (non-hydrogen) atoms. The van der Waals surface area contributed by atoms with Gasteiger partial charge in [0.05, 0.1) is 33.0 Å². The molecule has 4 rings (SSSR count). The van der Waals surface area contributed by atoms with E-state index < -0.39 is 0 Å². The minimum Gasteiger partial charge on any atom is -0.465 e. The van der Waals surface area contributed by atoms with Crippen LogP contribution < -0.4 is 9.30 Å². The van der Waals surface area contributed by atoms with Crippen LogP contribution in [0.4, 0.5) is 5.95 Å². The Labute approximate surface area is 139 Å². The van der Waals surface area contributed by atoms with Crippen molar-refractivity contribution in [1.29, 1.82) is 0 Å². The lowest BCUT2D eigenvalue weighted by Gasteiger charge is -2.09. The number of aromatic nitrogens is 2. The molecule has 0 atom stereocenters. The minimum atomic E-state index is -0.333. The van der Waals surface area contributed by atoms with Crippen LogP contribution in [0.5, 0.6) is 0 Å². The van der Waals surface area contributed by atoms with E-state index in [0.29, 0.717) is 5.56 Å². The Morgan fingerprint density at radius 3 is 2.67 bits per heavy atom. The number of pyridine rings is 2. The van der Waals surface area contributed by atoms with Gasteiger partial charge in [0, 0.05) is 5.39 Å². The number of carbonyl (C=O) groups is 1. The number of rotatable bonds is 2. The van der Waals surface area contributed by atoms with E-state index in [9.17, 15) is 4.79 Å². The number of benzene rings is 1. The van der Waals surface area contributed by atoms with E-state index in [2.05, 4.69) is 20.9 Å². The van der Waals surface area contributed by atoms with Crippen LogP contribution in [0.3, 0.4) is 0 Å². The van der Waals surface area contributed by atoms with Crippen molar-refractivity contribution in [2.75, 3.05) is 26.1 Å². The molecule has 0 spiro atoms. The molecule has 0 aliphatic rings. The molecule has 0 N–H and O–H groups in total. The van der Waals surface area contributed by atoms with Gasteiger partial charge in [-0.25, -0.2) is 9.20 Å². The Morgan fingerprint density at radius 2 is 1.92 bits per heavy atom. The SMILES string of the molecule is COC(=O)c1cccc2ccc3c4cccc[n+]4c(N(C)C)n3c12. The number of nitrogens with zero attached hydrogens (tertiary/aromatic N) is 3. The van der Waals surface area contributed by atoms with Gasteiger partial charge in [0.15, 0.2) is 0 Å². The van der Waals surface area contributed by atoms with Gasteiger partial charge in [-0.15, -0.1) is 0 Å². The number of anilines is 1. The summed E-state index contributed by atoms with van der Waals surface area (Å²) in [5.74, 6) is 0.642. The Bertz CT molecular complexity index is 1100. The summed E-state index contributed by atoms with van der Waals surface area (Å²) < 4.78 is 9.24. The Hall–Kier alpha value is -3.08.